The Hall–Kier alpha value is -2.31. The van der Waals surface area contributed by atoms with Gasteiger partial charge in [0.1, 0.15) is 5.75 Å². The van der Waals surface area contributed by atoms with Gasteiger partial charge < -0.3 is 24.3 Å². The highest BCUT2D eigenvalue weighted by Crippen LogP contribution is 2.16. The first kappa shape index (κ1) is 36.9. The van der Waals surface area contributed by atoms with Crippen molar-refractivity contribution in [2.75, 3.05) is 40.9 Å². The van der Waals surface area contributed by atoms with Gasteiger partial charge in [-0.1, -0.05) is 115 Å². The van der Waals surface area contributed by atoms with Gasteiger partial charge in [0.05, 0.1) is 19.9 Å². The zero-order valence-corrected chi connectivity index (χ0v) is 28.1. The Kier molecular flexibility index (Phi) is 20.6. The fourth-order valence-electron chi connectivity index (χ4n) is 5.50. The van der Waals surface area contributed by atoms with Gasteiger partial charge >= 0.3 is 0 Å². The molecule has 0 saturated carbocycles. The third kappa shape index (κ3) is 17.5. The Bertz CT molecular complexity index is 1000. The maximum Gasteiger partial charge on any atom is 0.223 e. The van der Waals surface area contributed by atoms with Crippen LogP contribution in [0.25, 0.3) is 0 Å². The van der Waals surface area contributed by atoms with Crippen LogP contribution in [-0.2, 0) is 13.1 Å². The highest BCUT2D eigenvalue weighted by molar-refractivity contribution is 5.29. The molecule has 6 nitrogen and oxygen atoms in total. The first-order valence-corrected chi connectivity index (χ1v) is 17.4. The van der Waals surface area contributed by atoms with E-state index in [9.17, 15) is 4.79 Å². The fourth-order valence-corrected chi connectivity index (χ4v) is 5.50. The molecule has 244 valence electrons. The largest absolute Gasteiger partial charge is 0.497 e. The Morgan fingerprint density at radius 2 is 1.33 bits per heavy atom. The van der Waals surface area contributed by atoms with Gasteiger partial charge in [0.2, 0.25) is 5.43 Å². The molecule has 0 fully saturated rings. The van der Waals surface area contributed by atoms with Gasteiger partial charge in [0, 0.05) is 24.8 Å². The quantitative estimate of drug-likeness (QED) is 0.105. The molecule has 2 aromatic rings. The van der Waals surface area contributed by atoms with E-state index in [0.717, 1.165) is 49.4 Å². The zero-order chi connectivity index (χ0) is 31.0. The molecule has 43 heavy (non-hydrogen) atoms. The molecule has 0 spiro atoms. The average molecular weight is 598 g/mol. The third-order valence-corrected chi connectivity index (χ3v) is 8.21. The number of hydrogen-bond donors (Lipinski definition) is 1. The number of pyridine rings is 1. The molecule has 0 unspecified atom stereocenters. The van der Waals surface area contributed by atoms with E-state index >= 15 is 0 Å². The molecule has 0 amide bonds. The van der Waals surface area contributed by atoms with E-state index in [0.29, 0.717) is 25.4 Å². The van der Waals surface area contributed by atoms with Crippen molar-refractivity contribution in [1.29, 1.82) is 0 Å². The normalized spacial score (nSPS) is 11.4. The summed E-state index contributed by atoms with van der Waals surface area (Å²) in [4.78, 5) is 15.1. The van der Waals surface area contributed by atoms with E-state index < -0.39 is 0 Å². The molecular weight excluding hydrogens is 534 g/mol. The van der Waals surface area contributed by atoms with E-state index in [4.69, 9.17) is 9.47 Å². The minimum absolute atomic E-state index is 0.0347. The SMILES string of the molecule is CCCCCCCCCCCCCCCCCCOc1cn(Cc2ccc(OC)cc2)c(CNCCCN(C)C)cc1=O. The Labute approximate surface area is 263 Å². The van der Waals surface area contributed by atoms with Crippen LogP contribution in [0.3, 0.4) is 0 Å². The second-order valence-corrected chi connectivity index (χ2v) is 12.5. The molecule has 0 saturated heterocycles. The maximum absolute atomic E-state index is 12.9. The summed E-state index contributed by atoms with van der Waals surface area (Å²) in [7, 11) is 5.86. The molecule has 0 aliphatic carbocycles. The standard InChI is InChI=1S/C37H63N3O3/c1-5-6-7-8-9-10-11-12-13-14-15-16-17-18-19-20-28-43-37-32-40(31-33-22-24-35(42-4)25-23-33)34(29-36(37)41)30-38-26-21-27-39(2)3/h22-25,29,32,38H,5-21,26-28,30-31H2,1-4H3. The van der Waals surface area contributed by atoms with E-state index in [2.05, 4.69) is 47.9 Å². The van der Waals surface area contributed by atoms with Crippen LogP contribution in [0.1, 0.15) is 127 Å². The topological polar surface area (TPSA) is 55.7 Å². The number of nitrogens with one attached hydrogen (secondary N) is 1. The van der Waals surface area contributed by atoms with E-state index in [1.54, 1.807) is 13.2 Å². The number of rotatable bonds is 27. The van der Waals surface area contributed by atoms with Crippen LogP contribution in [0, 0.1) is 0 Å². The number of ether oxygens (including phenoxy) is 2. The van der Waals surface area contributed by atoms with Crippen molar-refractivity contribution >= 4 is 0 Å². The van der Waals surface area contributed by atoms with Crippen molar-refractivity contribution in [2.45, 2.75) is 129 Å². The molecule has 1 N–H and O–H groups in total. The van der Waals surface area contributed by atoms with Crippen molar-refractivity contribution in [2.24, 2.45) is 0 Å². The number of nitrogens with zero attached hydrogens (tertiary/aromatic N) is 2. The van der Waals surface area contributed by atoms with E-state index in [1.807, 2.05) is 18.3 Å². The number of benzene rings is 1. The second-order valence-electron chi connectivity index (χ2n) is 12.5. The lowest BCUT2D eigenvalue weighted by Crippen LogP contribution is -2.24. The van der Waals surface area contributed by atoms with Crippen molar-refractivity contribution in [1.82, 2.24) is 14.8 Å². The summed E-state index contributed by atoms with van der Waals surface area (Å²) in [6.07, 6.45) is 24.5. The van der Waals surface area contributed by atoms with Crippen LogP contribution in [0.2, 0.25) is 0 Å². The Morgan fingerprint density at radius 3 is 1.86 bits per heavy atom. The number of unbranched alkanes of at least 4 members (excludes halogenated alkanes) is 15. The molecular formula is C37H63N3O3. The summed E-state index contributed by atoms with van der Waals surface area (Å²) in [6.45, 7) is 6.16. The van der Waals surface area contributed by atoms with Gasteiger partial charge in [-0.25, -0.2) is 0 Å². The Balaban J connectivity index is 1.69. The van der Waals surface area contributed by atoms with Gasteiger partial charge in [-0.3, -0.25) is 4.79 Å². The number of methoxy groups -OCH3 is 1. The van der Waals surface area contributed by atoms with E-state index in [1.165, 1.54) is 89.9 Å². The summed E-state index contributed by atoms with van der Waals surface area (Å²) in [5, 5.41) is 3.50. The molecule has 0 bridgehead atoms. The third-order valence-electron chi connectivity index (χ3n) is 8.21. The van der Waals surface area contributed by atoms with Crippen LogP contribution in [-0.4, -0.2) is 50.4 Å². The van der Waals surface area contributed by atoms with Gasteiger partial charge in [-0.15, -0.1) is 0 Å². The summed E-state index contributed by atoms with van der Waals surface area (Å²) in [6, 6.07) is 9.84. The van der Waals surface area contributed by atoms with Gasteiger partial charge in [0.25, 0.3) is 0 Å². The molecule has 0 radical (unpaired) electrons. The minimum atomic E-state index is -0.0347. The van der Waals surface area contributed by atoms with Crippen LogP contribution in [0.15, 0.2) is 41.3 Å². The predicted molar refractivity (Wildman–Crippen MR) is 183 cm³/mol. The smallest absolute Gasteiger partial charge is 0.223 e. The first-order valence-electron chi connectivity index (χ1n) is 17.4. The van der Waals surface area contributed by atoms with Gasteiger partial charge in [0.15, 0.2) is 5.75 Å². The Morgan fingerprint density at radius 1 is 0.767 bits per heavy atom. The molecule has 1 aromatic carbocycles. The summed E-state index contributed by atoms with van der Waals surface area (Å²) < 4.78 is 13.5. The molecule has 0 atom stereocenters. The van der Waals surface area contributed by atoms with Crippen molar-refractivity contribution < 1.29 is 9.47 Å². The summed E-state index contributed by atoms with van der Waals surface area (Å²) in [5.41, 5.74) is 2.09. The zero-order valence-electron chi connectivity index (χ0n) is 28.1. The lowest BCUT2D eigenvalue weighted by molar-refractivity contribution is 0.298. The highest BCUT2D eigenvalue weighted by Gasteiger charge is 2.09. The monoisotopic (exact) mass is 597 g/mol. The number of hydrogen-bond acceptors (Lipinski definition) is 5. The lowest BCUT2D eigenvalue weighted by Gasteiger charge is -2.17. The van der Waals surface area contributed by atoms with Gasteiger partial charge in [-0.2, -0.15) is 0 Å². The minimum Gasteiger partial charge on any atom is -0.497 e. The molecule has 0 aliphatic heterocycles. The maximum atomic E-state index is 12.9. The second kappa shape index (κ2) is 24.1. The van der Waals surface area contributed by atoms with E-state index in [-0.39, 0.29) is 5.43 Å². The summed E-state index contributed by atoms with van der Waals surface area (Å²) in [5.74, 6) is 1.29. The molecule has 1 aromatic heterocycles. The molecule has 1 heterocycles. The van der Waals surface area contributed by atoms with Crippen molar-refractivity contribution in [3.05, 3.63) is 58.0 Å². The molecule has 2 rings (SSSR count). The molecule has 6 heteroatoms. The van der Waals surface area contributed by atoms with Crippen molar-refractivity contribution in [3.8, 4) is 11.5 Å². The number of aromatic nitrogens is 1. The summed E-state index contributed by atoms with van der Waals surface area (Å²) >= 11 is 0. The average Bonchev–Trinajstić information content (AvgIpc) is 3.00. The molecule has 0 aliphatic rings. The highest BCUT2D eigenvalue weighted by atomic mass is 16.5. The van der Waals surface area contributed by atoms with Crippen LogP contribution in [0.5, 0.6) is 11.5 Å². The van der Waals surface area contributed by atoms with Crippen LogP contribution >= 0.6 is 0 Å². The lowest BCUT2D eigenvalue weighted by atomic mass is 10.0. The fraction of sp³-hybridized carbons (Fsp3) is 0.703. The van der Waals surface area contributed by atoms with Crippen LogP contribution < -0.4 is 20.2 Å². The van der Waals surface area contributed by atoms with Gasteiger partial charge in [-0.05, 0) is 57.7 Å². The van der Waals surface area contributed by atoms with Crippen molar-refractivity contribution in [3.63, 3.8) is 0 Å². The first-order chi connectivity index (χ1) is 21.0. The van der Waals surface area contributed by atoms with Crippen LogP contribution in [0.4, 0.5) is 0 Å². The predicted octanol–water partition coefficient (Wildman–Crippen LogP) is 8.59.